The minimum Gasteiger partial charge on any atom is -0.362 e. The molecule has 4 amide bonds. The van der Waals surface area contributed by atoms with Gasteiger partial charge in [-0.25, -0.2) is 8.78 Å². The molecule has 0 bridgehead atoms. The van der Waals surface area contributed by atoms with Crippen LogP contribution in [0.2, 0.25) is 0 Å². The lowest BCUT2D eigenvalue weighted by atomic mass is 9.68. The summed E-state index contributed by atoms with van der Waals surface area (Å²) in [6.45, 7) is 2.80. The van der Waals surface area contributed by atoms with Crippen LogP contribution >= 0.6 is 0 Å². The molecule has 2 aliphatic rings. The molecule has 0 aromatic heterocycles. The smallest absolute Gasteiger partial charge is 0.243 e. The lowest BCUT2D eigenvalue weighted by molar-refractivity contribution is -0.150. The Morgan fingerprint density at radius 3 is 2.10 bits per heavy atom. The average molecular weight is 573 g/mol. The summed E-state index contributed by atoms with van der Waals surface area (Å²) >= 11 is 0. The molecule has 1 heterocycles. The maximum atomic E-state index is 13.1. The standard InChI is InChI=1S/C23H33N3O3.C6H4F2.C2H5NO/c1-3-17-8-9-19(14-18(17)15-20(27)24-2)25-21(28)16-26-13-7-12-23(22(26)29)10-5-4-6-11-23;7-5-2-1-3-6(8)4-5;1-3-2-4/h8-9,14H,3-7,10-13,15-16H2,1-2H3,(H,24,27)(H,25,28);1-4H;2H,1H3,(H,3,4). The minimum absolute atomic E-state index is 0.0557. The summed E-state index contributed by atoms with van der Waals surface area (Å²) in [7, 11) is 3.18. The Morgan fingerprint density at radius 1 is 0.927 bits per heavy atom. The van der Waals surface area contributed by atoms with Crippen LogP contribution in [0, 0.1) is 17.0 Å². The molecule has 0 unspecified atom stereocenters. The summed E-state index contributed by atoms with van der Waals surface area (Å²) in [4.78, 5) is 48.3. The van der Waals surface area contributed by atoms with Gasteiger partial charge >= 0.3 is 0 Å². The van der Waals surface area contributed by atoms with E-state index in [2.05, 4.69) is 16.0 Å². The zero-order valence-electron chi connectivity index (χ0n) is 24.2. The minimum atomic E-state index is -0.537. The highest BCUT2D eigenvalue weighted by Gasteiger charge is 2.44. The lowest BCUT2D eigenvalue weighted by Crippen LogP contribution is -2.51. The number of piperidine rings is 1. The van der Waals surface area contributed by atoms with Crippen LogP contribution in [-0.2, 0) is 32.0 Å². The van der Waals surface area contributed by atoms with Crippen LogP contribution in [0.15, 0.2) is 42.5 Å². The number of likely N-dealkylation sites (tertiary alicyclic amines) is 1. The molecule has 1 aliphatic heterocycles. The van der Waals surface area contributed by atoms with Crippen LogP contribution in [0.25, 0.3) is 0 Å². The van der Waals surface area contributed by atoms with Gasteiger partial charge < -0.3 is 20.9 Å². The van der Waals surface area contributed by atoms with E-state index in [-0.39, 0.29) is 36.1 Å². The van der Waals surface area contributed by atoms with Gasteiger partial charge in [-0.15, -0.1) is 0 Å². The molecule has 2 fully saturated rings. The second-order valence-electron chi connectivity index (χ2n) is 10.3. The van der Waals surface area contributed by atoms with Crippen LogP contribution in [0.5, 0.6) is 0 Å². The van der Waals surface area contributed by atoms with Crippen molar-refractivity contribution in [3.8, 4) is 0 Å². The van der Waals surface area contributed by atoms with E-state index >= 15 is 0 Å². The maximum absolute atomic E-state index is 13.1. The Balaban J connectivity index is 0.000000407. The second kappa shape index (κ2) is 17.1. The van der Waals surface area contributed by atoms with Gasteiger partial charge in [-0.3, -0.25) is 19.2 Å². The van der Waals surface area contributed by atoms with Crippen LogP contribution in [-0.4, -0.2) is 56.2 Å². The van der Waals surface area contributed by atoms with E-state index in [9.17, 15) is 23.2 Å². The van der Waals surface area contributed by atoms with E-state index in [1.807, 2.05) is 25.1 Å². The predicted molar refractivity (Wildman–Crippen MR) is 155 cm³/mol. The Kier molecular flexibility index (Phi) is 13.9. The SMILES string of the molecule is CCc1ccc(NC(=O)CN2CCCC3(CCCCC3)C2=O)cc1CC(=O)NC.CNC=O.Fc1cccc(F)c1. The number of likely N-dealkylation sites (N-methyl/N-ethyl adjacent to an activating group) is 1. The summed E-state index contributed by atoms with van der Waals surface area (Å²) in [6, 6.07) is 10.2. The van der Waals surface area contributed by atoms with Crippen LogP contribution in [0.4, 0.5) is 14.5 Å². The third-order valence-corrected chi connectivity index (χ3v) is 7.37. The van der Waals surface area contributed by atoms with E-state index in [0.29, 0.717) is 18.6 Å². The second-order valence-corrected chi connectivity index (χ2v) is 10.3. The molecule has 41 heavy (non-hydrogen) atoms. The van der Waals surface area contributed by atoms with Crippen molar-refractivity contribution in [2.45, 2.75) is 64.7 Å². The molecule has 224 valence electrons. The van der Waals surface area contributed by atoms with Crippen LogP contribution in [0.3, 0.4) is 0 Å². The van der Waals surface area contributed by atoms with Crippen molar-refractivity contribution in [2.75, 3.05) is 32.5 Å². The van der Waals surface area contributed by atoms with Gasteiger partial charge in [0, 0.05) is 37.8 Å². The third kappa shape index (κ3) is 10.6. The fraction of sp³-hybridized carbons (Fsp3) is 0.484. The number of nitrogens with zero attached hydrogens (tertiary/aromatic N) is 1. The van der Waals surface area contributed by atoms with Crippen molar-refractivity contribution in [1.29, 1.82) is 0 Å². The number of benzene rings is 2. The van der Waals surface area contributed by atoms with Crippen molar-refractivity contribution < 1.29 is 28.0 Å². The van der Waals surface area contributed by atoms with Gasteiger partial charge in [0.1, 0.15) is 11.6 Å². The molecule has 4 rings (SSSR count). The topological polar surface area (TPSA) is 108 Å². The van der Waals surface area contributed by atoms with E-state index < -0.39 is 11.6 Å². The molecule has 2 aromatic rings. The molecule has 1 spiro atoms. The van der Waals surface area contributed by atoms with Crippen LogP contribution < -0.4 is 16.0 Å². The summed E-state index contributed by atoms with van der Waals surface area (Å²) in [5, 5.41) is 7.81. The molecule has 3 N–H and O–H groups in total. The Morgan fingerprint density at radius 2 is 1.56 bits per heavy atom. The maximum Gasteiger partial charge on any atom is 0.243 e. The van der Waals surface area contributed by atoms with Gasteiger partial charge in [0.05, 0.1) is 13.0 Å². The molecule has 0 atom stereocenters. The molecule has 8 nitrogen and oxygen atoms in total. The van der Waals surface area contributed by atoms with Crippen molar-refractivity contribution in [3.63, 3.8) is 0 Å². The number of carbonyl (C=O) groups is 4. The molecule has 0 radical (unpaired) electrons. The number of halogens is 2. The number of nitrogens with one attached hydrogen (secondary N) is 3. The number of carbonyl (C=O) groups excluding carboxylic acids is 4. The Labute approximate surface area is 241 Å². The van der Waals surface area contributed by atoms with Gasteiger partial charge in [-0.05, 0) is 67.5 Å². The number of anilines is 1. The predicted octanol–water partition coefficient (Wildman–Crippen LogP) is 4.38. The zero-order valence-corrected chi connectivity index (χ0v) is 24.2. The first-order chi connectivity index (χ1) is 19.7. The first kappa shape index (κ1) is 33.4. The fourth-order valence-electron chi connectivity index (χ4n) is 5.30. The molecule has 10 heteroatoms. The van der Waals surface area contributed by atoms with Crippen LogP contribution in [0.1, 0.15) is 63.0 Å². The van der Waals surface area contributed by atoms with Gasteiger partial charge in [-0.1, -0.05) is 38.3 Å². The number of amides is 4. The van der Waals surface area contributed by atoms with Gasteiger partial charge in [0.2, 0.25) is 24.1 Å². The highest BCUT2D eigenvalue weighted by molar-refractivity contribution is 5.96. The normalized spacial score (nSPS) is 15.4. The molecule has 1 saturated carbocycles. The molecule has 2 aromatic carbocycles. The molecular weight excluding hydrogens is 530 g/mol. The number of rotatable bonds is 7. The highest BCUT2D eigenvalue weighted by Crippen LogP contribution is 2.44. The quantitative estimate of drug-likeness (QED) is 0.428. The largest absolute Gasteiger partial charge is 0.362 e. The Hall–Kier alpha value is -3.82. The number of hydrogen-bond donors (Lipinski definition) is 3. The van der Waals surface area contributed by atoms with E-state index in [1.165, 1.54) is 24.6 Å². The first-order valence-electron chi connectivity index (χ1n) is 14.1. The molecule has 1 saturated heterocycles. The number of hydrogen-bond acceptors (Lipinski definition) is 4. The van der Waals surface area contributed by atoms with Gasteiger partial charge in [0.15, 0.2) is 0 Å². The zero-order chi connectivity index (χ0) is 30.3. The molecule has 1 aliphatic carbocycles. The molecular formula is C31H42F2N4O4. The van der Waals surface area contributed by atoms with E-state index in [0.717, 1.165) is 62.1 Å². The Bertz CT molecular complexity index is 1150. The summed E-state index contributed by atoms with van der Waals surface area (Å²) in [5.74, 6) is -1.14. The van der Waals surface area contributed by atoms with Crippen molar-refractivity contribution in [3.05, 3.63) is 65.2 Å². The summed E-state index contributed by atoms with van der Waals surface area (Å²) < 4.78 is 23.9. The van der Waals surface area contributed by atoms with Crippen molar-refractivity contribution in [1.82, 2.24) is 15.5 Å². The lowest BCUT2D eigenvalue weighted by Gasteiger charge is -2.43. The highest BCUT2D eigenvalue weighted by atomic mass is 19.1. The fourth-order valence-corrected chi connectivity index (χ4v) is 5.30. The van der Waals surface area contributed by atoms with Gasteiger partial charge in [0.25, 0.3) is 0 Å². The average Bonchev–Trinajstić information content (AvgIpc) is 2.96. The first-order valence-corrected chi connectivity index (χ1v) is 14.1. The van der Waals surface area contributed by atoms with Gasteiger partial charge in [-0.2, -0.15) is 0 Å². The van der Waals surface area contributed by atoms with Crippen molar-refractivity contribution in [2.24, 2.45) is 5.41 Å². The summed E-state index contributed by atoms with van der Waals surface area (Å²) in [5.41, 5.74) is 2.46. The third-order valence-electron chi connectivity index (χ3n) is 7.37. The van der Waals surface area contributed by atoms with Crippen molar-refractivity contribution >= 4 is 29.8 Å². The monoisotopic (exact) mass is 572 g/mol. The summed E-state index contributed by atoms with van der Waals surface area (Å²) in [6.07, 6.45) is 9.04. The van der Waals surface area contributed by atoms with E-state index in [1.54, 1.807) is 19.0 Å². The van der Waals surface area contributed by atoms with E-state index in [4.69, 9.17) is 4.79 Å². The number of aryl methyl sites for hydroxylation is 1.